The topological polar surface area (TPSA) is 58.6 Å². The van der Waals surface area contributed by atoms with Crippen LogP contribution in [-0.4, -0.2) is 18.3 Å². The molecule has 0 aromatic heterocycles. The van der Waals surface area contributed by atoms with Gasteiger partial charge in [0.15, 0.2) is 0 Å². The lowest BCUT2D eigenvalue weighted by molar-refractivity contribution is 0.161. The molecule has 0 saturated carbocycles. The van der Waals surface area contributed by atoms with Crippen LogP contribution in [0.5, 0.6) is 5.75 Å². The number of carbonyl (C=O) groups is 1. The second kappa shape index (κ2) is 5.04. The molecule has 1 atom stereocenters. The summed E-state index contributed by atoms with van der Waals surface area (Å²) >= 11 is 3.47. The molecule has 1 aliphatic carbocycles. The standard InChI is InChI=1S/C14H18BrNO3/c1-14(2)5-4-8-6-10(15)11(19-3)7-9(8)12(14)16-13(17)18/h6-7,12,16H,4-5H2,1-3H3,(H,17,18). The lowest BCUT2D eigenvalue weighted by atomic mass is 9.70. The number of fused-ring (bicyclic) bond motifs is 1. The number of rotatable bonds is 2. The van der Waals surface area contributed by atoms with Gasteiger partial charge in [-0.05, 0) is 57.4 Å². The van der Waals surface area contributed by atoms with Crippen LogP contribution >= 0.6 is 15.9 Å². The average molecular weight is 328 g/mol. The molecule has 5 heteroatoms. The van der Waals surface area contributed by atoms with Gasteiger partial charge in [0, 0.05) is 0 Å². The van der Waals surface area contributed by atoms with Gasteiger partial charge < -0.3 is 15.2 Å². The van der Waals surface area contributed by atoms with E-state index < -0.39 is 6.09 Å². The first-order chi connectivity index (χ1) is 8.85. The fourth-order valence-corrected chi connectivity index (χ4v) is 3.22. The Labute approximate surface area is 121 Å². The smallest absolute Gasteiger partial charge is 0.405 e. The maximum Gasteiger partial charge on any atom is 0.405 e. The van der Waals surface area contributed by atoms with E-state index in [0.29, 0.717) is 0 Å². The Bertz CT molecular complexity index is 514. The number of methoxy groups -OCH3 is 1. The number of hydrogen-bond donors (Lipinski definition) is 2. The summed E-state index contributed by atoms with van der Waals surface area (Å²) in [7, 11) is 1.61. The minimum Gasteiger partial charge on any atom is -0.496 e. The van der Waals surface area contributed by atoms with Gasteiger partial charge in [-0.25, -0.2) is 4.79 Å². The van der Waals surface area contributed by atoms with Gasteiger partial charge in [0.25, 0.3) is 0 Å². The zero-order valence-corrected chi connectivity index (χ0v) is 12.9. The van der Waals surface area contributed by atoms with Crippen molar-refractivity contribution >= 4 is 22.0 Å². The number of hydrogen-bond acceptors (Lipinski definition) is 2. The zero-order chi connectivity index (χ0) is 14.2. The molecule has 1 aromatic carbocycles. The Morgan fingerprint density at radius 2 is 2.21 bits per heavy atom. The van der Waals surface area contributed by atoms with E-state index >= 15 is 0 Å². The van der Waals surface area contributed by atoms with Crippen molar-refractivity contribution in [1.82, 2.24) is 5.32 Å². The monoisotopic (exact) mass is 327 g/mol. The van der Waals surface area contributed by atoms with E-state index in [2.05, 4.69) is 35.1 Å². The molecule has 1 aromatic rings. The molecule has 4 nitrogen and oxygen atoms in total. The van der Waals surface area contributed by atoms with E-state index in [-0.39, 0.29) is 11.5 Å². The van der Waals surface area contributed by atoms with Crippen molar-refractivity contribution in [3.05, 3.63) is 27.7 Å². The van der Waals surface area contributed by atoms with Crippen molar-refractivity contribution in [3.8, 4) is 5.75 Å². The van der Waals surface area contributed by atoms with Crippen molar-refractivity contribution in [2.75, 3.05) is 7.11 Å². The molecular weight excluding hydrogens is 310 g/mol. The van der Waals surface area contributed by atoms with Crippen LogP contribution in [0.15, 0.2) is 16.6 Å². The van der Waals surface area contributed by atoms with Crippen LogP contribution in [0.1, 0.15) is 37.4 Å². The third-order valence-corrected chi connectivity index (χ3v) is 4.43. The van der Waals surface area contributed by atoms with Crippen LogP contribution in [0.2, 0.25) is 0 Å². The first kappa shape index (κ1) is 14.2. The lowest BCUT2D eigenvalue weighted by Gasteiger charge is -2.40. The molecular formula is C14H18BrNO3. The van der Waals surface area contributed by atoms with Crippen LogP contribution in [0.25, 0.3) is 0 Å². The molecule has 2 N–H and O–H groups in total. The fraction of sp³-hybridized carbons (Fsp3) is 0.500. The molecule has 0 radical (unpaired) electrons. The number of benzene rings is 1. The third-order valence-electron chi connectivity index (χ3n) is 3.81. The summed E-state index contributed by atoms with van der Waals surface area (Å²) in [6.45, 7) is 4.18. The number of ether oxygens (including phenoxy) is 1. The van der Waals surface area contributed by atoms with Crippen molar-refractivity contribution in [1.29, 1.82) is 0 Å². The van der Waals surface area contributed by atoms with E-state index in [1.807, 2.05) is 12.1 Å². The van der Waals surface area contributed by atoms with E-state index in [4.69, 9.17) is 9.84 Å². The van der Waals surface area contributed by atoms with Crippen molar-refractivity contribution in [2.45, 2.75) is 32.7 Å². The van der Waals surface area contributed by atoms with Gasteiger partial charge in [-0.1, -0.05) is 13.8 Å². The molecule has 1 unspecified atom stereocenters. The lowest BCUT2D eigenvalue weighted by Crippen LogP contribution is -2.40. The number of nitrogens with one attached hydrogen (secondary N) is 1. The summed E-state index contributed by atoms with van der Waals surface area (Å²) in [6.07, 6.45) is 0.903. The summed E-state index contributed by atoms with van der Waals surface area (Å²) in [5.74, 6) is 0.730. The maximum absolute atomic E-state index is 11.0. The number of amides is 1. The van der Waals surface area contributed by atoms with E-state index in [9.17, 15) is 4.79 Å². The van der Waals surface area contributed by atoms with Crippen LogP contribution in [0.4, 0.5) is 4.79 Å². The highest BCUT2D eigenvalue weighted by Crippen LogP contribution is 2.45. The highest BCUT2D eigenvalue weighted by molar-refractivity contribution is 9.10. The molecule has 0 heterocycles. The number of carboxylic acid groups (broad SMARTS) is 1. The Balaban J connectivity index is 2.51. The normalized spacial score (nSPS) is 20.5. The van der Waals surface area contributed by atoms with Crippen molar-refractivity contribution in [2.24, 2.45) is 5.41 Å². The van der Waals surface area contributed by atoms with Crippen LogP contribution in [0.3, 0.4) is 0 Å². The third kappa shape index (κ3) is 2.71. The summed E-state index contributed by atoms with van der Waals surface area (Å²) in [5, 5.41) is 11.7. The summed E-state index contributed by atoms with van der Waals surface area (Å²) in [6, 6.07) is 3.75. The van der Waals surface area contributed by atoms with Gasteiger partial charge in [-0.2, -0.15) is 0 Å². The second-order valence-electron chi connectivity index (χ2n) is 5.56. The molecule has 0 bridgehead atoms. The van der Waals surface area contributed by atoms with Crippen LogP contribution < -0.4 is 10.1 Å². The van der Waals surface area contributed by atoms with Crippen LogP contribution in [0, 0.1) is 5.41 Å². The second-order valence-corrected chi connectivity index (χ2v) is 6.41. The minimum absolute atomic E-state index is 0.107. The first-order valence-electron chi connectivity index (χ1n) is 6.21. The predicted molar refractivity (Wildman–Crippen MR) is 76.7 cm³/mol. The average Bonchev–Trinajstić information content (AvgIpc) is 2.32. The Morgan fingerprint density at radius 3 is 2.79 bits per heavy atom. The summed E-state index contributed by atoms with van der Waals surface area (Å²) < 4.78 is 6.22. The SMILES string of the molecule is COc1cc2c(cc1Br)CCC(C)(C)C2NC(=O)O. The number of halogens is 1. The molecule has 2 rings (SSSR count). The van der Waals surface area contributed by atoms with Gasteiger partial charge in [-0.15, -0.1) is 0 Å². The largest absolute Gasteiger partial charge is 0.496 e. The molecule has 0 aliphatic heterocycles. The van der Waals surface area contributed by atoms with E-state index in [1.54, 1.807) is 7.11 Å². The molecule has 104 valence electrons. The van der Waals surface area contributed by atoms with Gasteiger partial charge in [0.05, 0.1) is 17.6 Å². The maximum atomic E-state index is 11.0. The fourth-order valence-electron chi connectivity index (χ4n) is 2.67. The zero-order valence-electron chi connectivity index (χ0n) is 11.3. The van der Waals surface area contributed by atoms with E-state index in [1.165, 1.54) is 5.56 Å². The van der Waals surface area contributed by atoms with Crippen LogP contribution in [-0.2, 0) is 6.42 Å². The Kier molecular flexibility index (Phi) is 3.76. The molecule has 1 aliphatic rings. The van der Waals surface area contributed by atoms with Crippen molar-refractivity contribution in [3.63, 3.8) is 0 Å². The Morgan fingerprint density at radius 1 is 1.53 bits per heavy atom. The highest BCUT2D eigenvalue weighted by atomic mass is 79.9. The molecule has 1 amide bonds. The highest BCUT2D eigenvalue weighted by Gasteiger charge is 2.37. The van der Waals surface area contributed by atoms with Gasteiger partial charge >= 0.3 is 6.09 Å². The van der Waals surface area contributed by atoms with Crippen molar-refractivity contribution < 1.29 is 14.6 Å². The summed E-state index contributed by atoms with van der Waals surface area (Å²) in [4.78, 5) is 11.0. The quantitative estimate of drug-likeness (QED) is 0.869. The molecule has 19 heavy (non-hydrogen) atoms. The van der Waals surface area contributed by atoms with Gasteiger partial charge in [0.1, 0.15) is 5.75 Å². The first-order valence-corrected chi connectivity index (χ1v) is 7.00. The Hall–Kier alpha value is -1.23. The van der Waals surface area contributed by atoms with E-state index in [0.717, 1.165) is 28.6 Å². The molecule has 0 spiro atoms. The predicted octanol–water partition coefficient (Wildman–Crippen LogP) is 3.74. The minimum atomic E-state index is -0.993. The molecule has 0 fully saturated rings. The molecule has 0 saturated heterocycles. The van der Waals surface area contributed by atoms with Gasteiger partial charge in [-0.3, -0.25) is 0 Å². The number of aryl methyl sites for hydroxylation is 1. The van der Waals surface area contributed by atoms with Gasteiger partial charge in [0.2, 0.25) is 0 Å². The summed E-state index contributed by atoms with van der Waals surface area (Å²) in [5.41, 5.74) is 2.08.